The maximum absolute atomic E-state index is 14.2. The normalized spacial score (nSPS) is 26.1. The molecular weight excluding hydrogens is 274 g/mol. The van der Waals surface area contributed by atoms with Gasteiger partial charge in [-0.2, -0.15) is 0 Å². The third-order valence-electron chi connectivity index (χ3n) is 4.86. The molecule has 0 aromatic heterocycles. The number of carboxylic acids is 1. The molecule has 4 heteroatoms. The lowest BCUT2D eigenvalue weighted by Gasteiger charge is -2.36. The summed E-state index contributed by atoms with van der Waals surface area (Å²) in [4.78, 5) is 11.5. The van der Waals surface area contributed by atoms with Crippen LogP contribution in [0.25, 0.3) is 0 Å². The Balaban J connectivity index is 2.40. The first kappa shape index (κ1) is 15.9. The highest BCUT2D eigenvalue weighted by Crippen LogP contribution is 2.44. The quantitative estimate of drug-likeness (QED) is 0.890. The number of carboxylic acid groups (broad SMARTS) is 1. The summed E-state index contributed by atoms with van der Waals surface area (Å²) in [5.41, 5.74) is 0.468. The Morgan fingerprint density at radius 3 is 2.48 bits per heavy atom. The monoisotopic (exact) mass is 296 g/mol. The van der Waals surface area contributed by atoms with Gasteiger partial charge in [0, 0.05) is 5.92 Å². The summed E-state index contributed by atoms with van der Waals surface area (Å²) < 4.78 is 28.1. The van der Waals surface area contributed by atoms with Crippen LogP contribution in [-0.2, 0) is 4.79 Å². The zero-order valence-corrected chi connectivity index (χ0v) is 12.7. The van der Waals surface area contributed by atoms with Crippen LogP contribution in [-0.4, -0.2) is 11.1 Å². The fourth-order valence-electron chi connectivity index (χ4n) is 3.40. The highest BCUT2D eigenvalue weighted by atomic mass is 19.2. The first-order chi connectivity index (χ1) is 9.82. The van der Waals surface area contributed by atoms with Gasteiger partial charge in [-0.1, -0.05) is 26.0 Å². The molecule has 1 aromatic carbocycles. The van der Waals surface area contributed by atoms with Gasteiger partial charge in [-0.25, -0.2) is 8.78 Å². The molecule has 0 heterocycles. The van der Waals surface area contributed by atoms with Gasteiger partial charge in [-0.15, -0.1) is 0 Å². The number of hydrogen-bond acceptors (Lipinski definition) is 1. The Labute approximate surface area is 124 Å². The maximum Gasteiger partial charge on any atom is 0.307 e. The molecule has 1 aliphatic carbocycles. The Kier molecular flexibility index (Phi) is 4.64. The molecule has 2 rings (SSSR count). The summed E-state index contributed by atoms with van der Waals surface area (Å²) in [7, 11) is 0. The summed E-state index contributed by atoms with van der Waals surface area (Å²) in [6.45, 7) is 5.69. The van der Waals surface area contributed by atoms with E-state index in [4.69, 9.17) is 0 Å². The summed E-state index contributed by atoms with van der Waals surface area (Å²) in [5.74, 6) is -2.95. The molecular formula is C17H22F2O2. The topological polar surface area (TPSA) is 37.3 Å². The second-order valence-electron chi connectivity index (χ2n) is 6.47. The third-order valence-corrected chi connectivity index (χ3v) is 4.86. The Hall–Kier alpha value is -1.45. The van der Waals surface area contributed by atoms with Gasteiger partial charge >= 0.3 is 5.97 Å². The van der Waals surface area contributed by atoms with Crippen LogP contribution in [0.4, 0.5) is 8.78 Å². The molecule has 0 aliphatic heterocycles. The average Bonchev–Trinajstić information content (AvgIpc) is 2.44. The van der Waals surface area contributed by atoms with Gasteiger partial charge in [-0.3, -0.25) is 4.79 Å². The van der Waals surface area contributed by atoms with Crippen molar-refractivity contribution in [3.8, 4) is 0 Å². The van der Waals surface area contributed by atoms with E-state index < -0.39 is 29.4 Å². The molecule has 3 atom stereocenters. The zero-order valence-electron chi connectivity index (χ0n) is 12.7. The van der Waals surface area contributed by atoms with E-state index in [-0.39, 0.29) is 11.1 Å². The van der Waals surface area contributed by atoms with Crippen molar-refractivity contribution in [1.29, 1.82) is 0 Å². The van der Waals surface area contributed by atoms with Gasteiger partial charge in [-0.05, 0) is 49.1 Å². The predicted octanol–water partition coefficient (Wildman–Crippen LogP) is 4.51. The van der Waals surface area contributed by atoms with Crippen molar-refractivity contribution >= 4 is 5.97 Å². The molecule has 3 unspecified atom stereocenters. The van der Waals surface area contributed by atoms with Crippen LogP contribution in [0.2, 0.25) is 0 Å². The van der Waals surface area contributed by atoms with Crippen LogP contribution >= 0.6 is 0 Å². The molecule has 0 radical (unpaired) electrons. The Morgan fingerprint density at radius 2 is 1.90 bits per heavy atom. The van der Waals surface area contributed by atoms with Crippen molar-refractivity contribution < 1.29 is 18.7 Å². The molecule has 0 saturated heterocycles. The lowest BCUT2D eigenvalue weighted by molar-refractivity contribution is -0.144. The van der Waals surface area contributed by atoms with Crippen molar-refractivity contribution in [2.45, 2.75) is 46.0 Å². The lowest BCUT2D eigenvalue weighted by atomic mass is 9.68. The van der Waals surface area contributed by atoms with Crippen LogP contribution in [0.1, 0.15) is 50.2 Å². The molecule has 1 aromatic rings. The van der Waals surface area contributed by atoms with E-state index in [0.717, 1.165) is 6.42 Å². The molecule has 116 valence electrons. The SMILES string of the molecule is Cc1ccc(C2CC(C(C)C)CCC2C(=O)O)c(F)c1F. The van der Waals surface area contributed by atoms with Crippen molar-refractivity contribution in [2.24, 2.45) is 17.8 Å². The number of rotatable bonds is 3. The Morgan fingerprint density at radius 1 is 1.24 bits per heavy atom. The van der Waals surface area contributed by atoms with Gasteiger partial charge in [0.05, 0.1) is 5.92 Å². The number of aliphatic carboxylic acids is 1. The minimum Gasteiger partial charge on any atom is -0.481 e. The fraction of sp³-hybridized carbons (Fsp3) is 0.588. The fourth-order valence-corrected chi connectivity index (χ4v) is 3.40. The molecule has 0 amide bonds. The number of aryl methyl sites for hydroxylation is 1. The predicted molar refractivity (Wildman–Crippen MR) is 77.1 cm³/mol. The first-order valence-corrected chi connectivity index (χ1v) is 7.50. The van der Waals surface area contributed by atoms with Gasteiger partial charge in [0.15, 0.2) is 11.6 Å². The standard InChI is InChI=1S/C17H22F2O2/c1-9(2)11-5-7-13(17(20)21)14(8-11)12-6-4-10(3)15(18)16(12)19/h4,6,9,11,13-14H,5,7-8H2,1-3H3,(H,20,21). The first-order valence-electron chi connectivity index (χ1n) is 7.50. The average molecular weight is 296 g/mol. The summed E-state index contributed by atoms with van der Waals surface area (Å²) >= 11 is 0. The van der Waals surface area contributed by atoms with Gasteiger partial charge in [0.1, 0.15) is 0 Å². The second kappa shape index (κ2) is 6.12. The largest absolute Gasteiger partial charge is 0.481 e. The van der Waals surface area contributed by atoms with Crippen LogP contribution < -0.4 is 0 Å². The van der Waals surface area contributed by atoms with Crippen LogP contribution in [0.5, 0.6) is 0 Å². The van der Waals surface area contributed by atoms with Gasteiger partial charge < -0.3 is 5.11 Å². The van der Waals surface area contributed by atoms with Crippen molar-refractivity contribution in [2.75, 3.05) is 0 Å². The molecule has 2 nitrogen and oxygen atoms in total. The molecule has 1 aliphatic rings. The number of hydrogen-bond donors (Lipinski definition) is 1. The second-order valence-corrected chi connectivity index (χ2v) is 6.47. The number of benzene rings is 1. The number of carbonyl (C=O) groups is 1. The molecule has 0 spiro atoms. The Bertz CT molecular complexity index is 540. The minimum atomic E-state index is -0.914. The zero-order chi connectivity index (χ0) is 15.7. The van der Waals surface area contributed by atoms with Gasteiger partial charge in [0.25, 0.3) is 0 Å². The molecule has 1 fully saturated rings. The highest BCUT2D eigenvalue weighted by molar-refractivity contribution is 5.71. The van der Waals surface area contributed by atoms with Crippen LogP contribution in [0, 0.1) is 36.3 Å². The van der Waals surface area contributed by atoms with E-state index >= 15 is 0 Å². The smallest absolute Gasteiger partial charge is 0.307 e. The highest BCUT2D eigenvalue weighted by Gasteiger charge is 2.38. The van der Waals surface area contributed by atoms with E-state index in [1.165, 1.54) is 13.0 Å². The summed E-state index contributed by atoms with van der Waals surface area (Å²) in [5, 5.41) is 9.39. The molecule has 1 saturated carbocycles. The third kappa shape index (κ3) is 3.09. The van der Waals surface area contributed by atoms with E-state index in [9.17, 15) is 18.7 Å². The molecule has 1 N–H and O–H groups in total. The van der Waals surface area contributed by atoms with E-state index in [1.54, 1.807) is 6.07 Å². The summed E-state index contributed by atoms with van der Waals surface area (Å²) in [6.07, 6.45) is 1.97. The van der Waals surface area contributed by atoms with Crippen LogP contribution in [0.3, 0.4) is 0 Å². The molecule has 21 heavy (non-hydrogen) atoms. The van der Waals surface area contributed by atoms with E-state index in [2.05, 4.69) is 13.8 Å². The minimum absolute atomic E-state index is 0.218. The molecule has 0 bridgehead atoms. The maximum atomic E-state index is 14.2. The summed E-state index contributed by atoms with van der Waals surface area (Å²) in [6, 6.07) is 3.09. The van der Waals surface area contributed by atoms with Crippen LogP contribution in [0.15, 0.2) is 12.1 Å². The lowest BCUT2D eigenvalue weighted by Crippen LogP contribution is -2.31. The number of halogens is 2. The van der Waals surface area contributed by atoms with E-state index in [1.807, 2.05) is 0 Å². The van der Waals surface area contributed by atoms with Gasteiger partial charge in [0.2, 0.25) is 0 Å². The van der Waals surface area contributed by atoms with Crippen molar-refractivity contribution in [1.82, 2.24) is 0 Å². The van der Waals surface area contributed by atoms with Crippen molar-refractivity contribution in [3.05, 3.63) is 34.9 Å². The van der Waals surface area contributed by atoms with Crippen molar-refractivity contribution in [3.63, 3.8) is 0 Å². The van der Waals surface area contributed by atoms with E-state index in [0.29, 0.717) is 24.7 Å².